The second kappa shape index (κ2) is 6.46. The minimum absolute atomic E-state index is 0.0428. The van der Waals surface area contributed by atoms with E-state index in [4.69, 9.17) is 0 Å². The van der Waals surface area contributed by atoms with Gasteiger partial charge >= 0.3 is 0 Å². The molecule has 1 N–H and O–H groups in total. The van der Waals surface area contributed by atoms with E-state index in [-0.39, 0.29) is 22.2 Å². The van der Waals surface area contributed by atoms with Gasteiger partial charge in [-0.15, -0.1) is 0 Å². The Morgan fingerprint density at radius 2 is 2.00 bits per heavy atom. The Hall–Kier alpha value is -1.07. The Bertz CT molecular complexity index is 832. The van der Waals surface area contributed by atoms with E-state index in [9.17, 15) is 9.90 Å². The minimum Gasteiger partial charge on any atom is -0.393 e. The highest BCUT2D eigenvalue weighted by molar-refractivity contribution is 8.00. The number of allylic oxidation sites excluding steroid dienone is 1. The van der Waals surface area contributed by atoms with Gasteiger partial charge in [-0.1, -0.05) is 37.3 Å². The van der Waals surface area contributed by atoms with Crippen LogP contribution in [0.15, 0.2) is 29.2 Å². The van der Waals surface area contributed by atoms with Crippen LogP contribution in [0.25, 0.3) is 0 Å². The predicted molar refractivity (Wildman–Crippen MR) is 111 cm³/mol. The van der Waals surface area contributed by atoms with Crippen LogP contribution in [0.4, 0.5) is 0 Å². The summed E-state index contributed by atoms with van der Waals surface area (Å²) in [5.74, 6) is 2.22. The molecule has 0 radical (unpaired) electrons. The lowest BCUT2D eigenvalue weighted by atomic mass is 9.48. The van der Waals surface area contributed by atoms with E-state index in [1.165, 1.54) is 5.57 Å². The van der Waals surface area contributed by atoms with Crippen molar-refractivity contribution in [2.24, 2.45) is 35.6 Å². The van der Waals surface area contributed by atoms with Crippen molar-refractivity contribution >= 4 is 17.5 Å². The maximum Gasteiger partial charge on any atom is 0.168 e. The van der Waals surface area contributed by atoms with Gasteiger partial charge in [0.25, 0.3) is 0 Å². The topological polar surface area (TPSA) is 55.1 Å². The molecule has 28 heavy (non-hydrogen) atoms. The van der Waals surface area contributed by atoms with Crippen molar-refractivity contribution in [1.29, 1.82) is 0 Å². The number of rotatable bonds is 2. The van der Waals surface area contributed by atoms with Gasteiger partial charge in [-0.25, -0.2) is 4.98 Å². The molecule has 7 atom stereocenters. The van der Waals surface area contributed by atoms with Gasteiger partial charge in [0.15, 0.2) is 10.9 Å². The number of aliphatic hydroxyl groups is 1. The lowest BCUT2D eigenvalue weighted by Crippen LogP contribution is -2.50. The smallest absolute Gasteiger partial charge is 0.168 e. The number of carbonyl (C=O) groups excluding carboxylic acids is 1. The quantitative estimate of drug-likeness (QED) is 0.749. The van der Waals surface area contributed by atoms with E-state index in [1.54, 1.807) is 11.8 Å². The Kier molecular flexibility index (Phi) is 4.37. The van der Waals surface area contributed by atoms with E-state index in [2.05, 4.69) is 24.9 Å². The third kappa shape index (κ3) is 2.61. The standard InChI is InChI=1S/C23H32N2O2S/c1-22-8-6-15(26)12-14(22)4-5-16-17(22)7-9-23(2)18(16)13-19(20(23)27)28-21-24-10-11-25(21)3/h4,10-11,15-19,26H,5-9,12-13H2,1-3H3/t15-,16-,17+,18+,19+,22-,23-/m0/s1. The molecular weight excluding hydrogens is 368 g/mol. The molecule has 4 nitrogen and oxygen atoms in total. The molecule has 4 aliphatic carbocycles. The van der Waals surface area contributed by atoms with Crippen LogP contribution in [0.2, 0.25) is 0 Å². The molecule has 1 aromatic heterocycles. The molecule has 1 aromatic rings. The molecule has 0 aromatic carbocycles. The molecule has 3 fully saturated rings. The summed E-state index contributed by atoms with van der Waals surface area (Å²) in [4.78, 5) is 17.9. The van der Waals surface area contributed by atoms with Gasteiger partial charge in [-0.05, 0) is 68.1 Å². The first-order valence-electron chi connectivity index (χ1n) is 10.9. The summed E-state index contributed by atoms with van der Waals surface area (Å²) in [7, 11) is 2.01. The van der Waals surface area contributed by atoms with Crippen LogP contribution in [-0.4, -0.2) is 31.8 Å². The van der Waals surface area contributed by atoms with Crippen molar-refractivity contribution in [1.82, 2.24) is 9.55 Å². The van der Waals surface area contributed by atoms with Gasteiger partial charge in [0.1, 0.15) is 0 Å². The van der Waals surface area contributed by atoms with Crippen molar-refractivity contribution < 1.29 is 9.90 Å². The molecule has 0 unspecified atom stereocenters. The summed E-state index contributed by atoms with van der Waals surface area (Å²) in [5, 5.41) is 11.2. The molecule has 3 saturated carbocycles. The number of nitrogens with zero attached hydrogens (tertiary/aromatic N) is 2. The third-order valence-corrected chi connectivity index (χ3v) is 10.1. The number of imidazole rings is 1. The lowest BCUT2D eigenvalue weighted by molar-refractivity contribution is -0.131. The first-order valence-corrected chi connectivity index (χ1v) is 11.8. The van der Waals surface area contributed by atoms with Crippen molar-refractivity contribution in [2.45, 2.75) is 75.3 Å². The van der Waals surface area contributed by atoms with Crippen LogP contribution >= 0.6 is 11.8 Å². The molecule has 1 heterocycles. The number of hydrogen-bond acceptors (Lipinski definition) is 4. The Morgan fingerprint density at radius 1 is 1.21 bits per heavy atom. The fourth-order valence-electron chi connectivity index (χ4n) is 7.10. The van der Waals surface area contributed by atoms with Gasteiger partial charge in [0, 0.05) is 24.9 Å². The highest BCUT2D eigenvalue weighted by atomic mass is 32.2. The summed E-state index contributed by atoms with van der Waals surface area (Å²) in [6.45, 7) is 4.70. The first-order chi connectivity index (χ1) is 13.3. The van der Waals surface area contributed by atoms with E-state index in [0.29, 0.717) is 23.5 Å². The molecule has 4 aliphatic rings. The number of carbonyl (C=O) groups is 1. The van der Waals surface area contributed by atoms with Gasteiger partial charge < -0.3 is 9.67 Å². The van der Waals surface area contributed by atoms with Crippen molar-refractivity contribution in [3.05, 3.63) is 24.0 Å². The van der Waals surface area contributed by atoms with Gasteiger partial charge in [0.05, 0.1) is 11.4 Å². The summed E-state index contributed by atoms with van der Waals surface area (Å²) >= 11 is 1.67. The molecular formula is C23H32N2O2S. The number of aryl methyl sites for hydroxylation is 1. The average molecular weight is 401 g/mol. The highest BCUT2D eigenvalue weighted by Gasteiger charge is 2.61. The van der Waals surface area contributed by atoms with Crippen LogP contribution in [0.5, 0.6) is 0 Å². The first kappa shape index (κ1) is 18.9. The molecule has 0 aliphatic heterocycles. The Morgan fingerprint density at radius 3 is 2.75 bits per heavy atom. The van der Waals surface area contributed by atoms with E-state index in [1.807, 2.05) is 24.0 Å². The predicted octanol–water partition coefficient (Wildman–Crippen LogP) is 4.38. The second-order valence-corrected chi connectivity index (χ2v) is 11.3. The average Bonchev–Trinajstić information content (AvgIpc) is 3.18. The lowest BCUT2D eigenvalue weighted by Gasteiger charge is -2.56. The summed E-state index contributed by atoms with van der Waals surface area (Å²) in [6, 6.07) is 0. The van der Waals surface area contributed by atoms with Crippen molar-refractivity contribution in [3.63, 3.8) is 0 Å². The maximum atomic E-state index is 13.5. The zero-order valence-corrected chi connectivity index (χ0v) is 18.0. The highest BCUT2D eigenvalue weighted by Crippen LogP contribution is 2.65. The van der Waals surface area contributed by atoms with Gasteiger partial charge in [-0.3, -0.25) is 4.79 Å². The van der Waals surface area contributed by atoms with Crippen molar-refractivity contribution in [3.8, 4) is 0 Å². The summed E-state index contributed by atoms with van der Waals surface area (Å²) in [5.41, 5.74) is 1.57. The van der Waals surface area contributed by atoms with E-state index >= 15 is 0 Å². The zero-order valence-electron chi connectivity index (χ0n) is 17.2. The largest absolute Gasteiger partial charge is 0.393 e. The number of thioether (sulfide) groups is 1. The molecule has 152 valence electrons. The molecule has 5 rings (SSSR count). The van der Waals surface area contributed by atoms with Gasteiger partial charge in [0.2, 0.25) is 0 Å². The number of aromatic nitrogens is 2. The van der Waals surface area contributed by atoms with E-state index in [0.717, 1.165) is 50.1 Å². The number of hydrogen-bond donors (Lipinski definition) is 1. The number of Topliss-reactive ketones (excluding diaryl/α,β-unsaturated/α-hetero) is 1. The second-order valence-electron chi connectivity index (χ2n) is 10.1. The van der Waals surface area contributed by atoms with Crippen LogP contribution in [0, 0.1) is 28.6 Å². The summed E-state index contributed by atoms with van der Waals surface area (Å²) in [6.07, 6.45) is 13.2. The van der Waals surface area contributed by atoms with Crippen LogP contribution in [0.3, 0.4) is 0 Å². The minimum atomic E-state index is -0.167. The van der Waals surface area contributed by atoms with Crippen LogP contribution < -0.4 is 0 Å². The maximum absolute atomic E-state index is 13.5. The molecule has 0 bridgehead atoms. The zero-order chi connectivity index (χ0) is 19.7. The van der Waals surface area contributed by atoms with Crippen LogP contribution in [-0.2, 0) is 11.8 Å². The third-order valence-electron chi connectivity index (χ3n) is 8.82. The monoisotopic (exact) mass is 400 g/mol. The van der Waals surface area contributed by atoms with E-state index < -0.39 is 0 Å². The fourth-order valence-corrected chi connectivity index (χ4v) is 8.39. The van der Waals surface area contributed by atoms with Crippen LogP contribution in [0.1, 0.15) is 58.8 Å². The van der Waals surface area contributed by atoms with Crippen molar-refractivity contribution in [2.75, 3.05) is 0 Å². The van der Waals surface area contributed by atoms with Gasteiger partial charge in [-0.2, -0.15) is 0 Å². The fraction of sp³-hybridized carbons (Fsp3) is 0.739. The Balaban J connectivity index is 1.43. The summed E-state index contributed by atoms with van der Waals surface area (Å²) < 4.78 is 2.02. The molecule has 0 amide bonds. The molecule has 5 heteroatoms. The Labute approximate surface area is 172 Å². The SMILES string of the molecule is Cn1ccnc1S[C@@H]1C[C@@H]2[C@H]3CC=C4C[C@@H](O)CC[C@]4(C)[C@@H]3CC[C@]2(C)C1=O. The normalized spacial score (nSPS) is 45.2. The molecule has 0 saturated heterocycles. The molecule has 0 spiro atoms. The number of fused-ring (bicyclic) bond motifs is 5. The number of aliphatic hydroxyl groups excluding tert-OH is 1. The number of ketones is 1.